The van der Waals surface area contributed by atoms with Gasteiger partial charge in [-0.2, -0.15) is 0 Å². The van der Waals surface area contributed by atoms with E-state index in [1.54, 1.807) is 0 Å². The van der Waals surface area contributed by atoms with Crippen molar-refractivity contribution in [2.24, 2.45) is 4.99 Å². The smallest absolute Gasteiger partial charge is 0.0550 e. The third kappa shape index (κ3) is 3.73. The van der Waals surface area contributed by atoms with Crippen molar-refractivity contribution in [1.82, 2.24) is 4.57 Å². The standard InChI is InChI=1S/C37H32N2/c1-2-12-30(13-3-1)39-35-22-27(29-11-8-20-38-24-29)18-19-33(35)37-32-15-7-6-14-31(32)34(23-36(37)39)28-17-16-25-9-4-5-10-26(25)21-28/h1-4,6-7,9,12-15,20-24H,5,8,10-11,16-19H2. The summed E-state index contributed by atoms with van der Waals surface area (Å²) in [6.45, 7) is 0. The number of hydrogen-bond donors (Lipinski definition) is 0. The average Bonchev–Trinajstić information content (AvgIpc) is 3.35. The summed E-state index contributed by atoms with van der Waals surface area (Å²) in [6.07, 6.45) is 22.6. The monoisotopic (exact) mass is 504 g/mol. The van der Waals surface area contributed by atoms with E-state index >= 15 is 0 Å². The lowest BCUT2D eigenvalue weighted by Crippen LogP contribution is -2.05. The van der Waals surface area contributed by atoms with Gasteiger partial charge in [0, 0.05) is 23.5 Å². The molecule has 0 bridgehead atoms. The van der Waals surface area contributed by atoms with E-state index in [0.29, 0.717) is 0 Å². The Hall–Kier alpha value is -4.17. The van der Waals surface area contributed by atoms with Gasteiger partial charge in [-0.3, -0.25) is 4.99 Å². The first-order chi connectivity index (χ1) is 19.3. The molecule has 8 rings (SSSR count). The van der Waals surface area contributed by atoms with Crippen LogP contribution in [0.4, 0.5) is 0 Å². The summed E-state index contributed by atoms with van der Waals surface area (Å²) in [5.74, 6) is 0. The van der Waals surface area contributed by atoms with E-state index < -0.39 is 0 Å². The number of para-hydroxylation sites is 1. The van der Waals surface area contributed by atoms with Crippen LogP contribution in [0.3, 0.4) is 0 Å². The Balaban J connectivity index is 1.43. The predicted octanol–water partition coefficient (Wildman–Crippen LogP) is 9.69. The highest BCUT2D eigenvalue weighted by molar-refractivity contribution is 6.14. The van der Waals surface area contributed by atoms with Gasteiger partial charge >= 0.3 is 0 Å². The number of aromatic nitrogens is 1. The number of nitrogens with zero attached hydrogens (tertiary/aromatic N) is 2. The maximum Gasteiger partial charge on any atom is 0.0550 e. The van der Waals surface area contributed by atoms with Gasteiger partial charge in [0.1, 0.15) is 0 Å². The SMILES string of the molecule is C1=CC2=C(C=C(c3cc4c(c5c(n4-c4ccccc4)C=C(C4=CN=CCC4)CC5)c4ccccc34)CC2)CC1. The zero-order chi connectivity index (χ0) is 25.8. The van der Waals surface area contributed by atoms with Gasteiger partial charge in [-0.1, -0.05) is 60.7 Å². The Bertz CT molecular complexity index is 1830. The molecule has 4 aliphatic rings. The zero-order valence-electron chi connectivity index (χ0n) is 22.3. The number of fused-ring (bicyclic) bond motifs is 5. The van der Waals surface area contributed by atoms with Gasteiger partial charge in [0.15, 0.2) is 0 Å². The van der Waals surface area contributed by atoms with E-state index in [1.165, 1.54) is 72.0 Å². The van der Waals surface area contributed by atoms with Crippen LogP contribution in [-0.2, 0) is 6.42 Å². The van der Waals surface area contributed by atoms with Crippen LogP contribution in [-0.4, -0.2) is 10.8 Å². The second-order valence-corrected chi connectivity index (χ2v) is 11.3. The highest BCUT2D eigenvalue weighted by Gasteiger charge is 2.26. The van der Waals surface area contributed by atoms with Crippen molar-refractivity contribution >= 4 is 39.5 Å². The fourth-order valence-corrected chi connectivity index (χ4v) is 7.17. The summed E-state index contributed by atoms with van der Waals surface area (Å²) in [5, 5.41) is 4.20. The summed E-state index contributed by atoms with van der Waals surface area (Å²) < 4.78 is 2.53. The highest BCUT2D eigenvalue weighted by Crippen LogP contribution is 2.45. The van der Waals surface area contributed by atoms with Crippen molar-refractivity contribution in [1.29, 1.82) is 0 Å². The number of allylic oxidation sites excluding steroid dienone is 8. The Morgan fingerprint density at radius 3 is 2.38 bits per heavy atom. The number of hydrogen-bond acceptors (Lipinski definition) is 1. The molecular formula is C37H32N2. The molecule has 0 saturated heterocycles. The van der Waals surface area contributed by atoms with Crippen molar-refractivity contribution in [2.75, 3.05) is 0 Å². The number of rotatable bonds is 3. The second kappa shape index (κ2) is 9.24. The molecule has 2 heteroatoms. The first kappa shape index (κ1) is 22.8. The first-order valence-electron chi connectivity index (χ1n) is 14.5. The van der Waals surface area contributed by atoms with Gasteiger partial charge in [-0.25, -0.2) is 0 Å². The molecule has 0 N–H and O–H groups in total. The van der Waals surface area contributed by atoms with Gasteiger partial charge < -0.3 is 4.57 Å². The van der Waals surface area contributed by atoms with Crippen molar-refractivity contribution in [3.05, 3.63) is 124 Å². The van der Waals surface area contributed by atoms with E-state index in [9.17, 15) is 0 Å². The number of aryl methyl sites for hydroxylation is 1. The summed E-state index contributed by atoms with van der Waals surface area (Å²) in [7, 11) is 0. The highest BCUT2D eigenvalue weighted by atomic mass is 15.0. The fraction of sp³-hybridized carbons (Fsp3) is 0.216. The van der Waals surface area contributed by atoms with Crippen molar-refractivity contribution in [3.8, 4) is 5.69 Å². The van der Waals surface area contributed by atoms with Gasteiger partial charge in [0.25, 0.3) is 0 Å². The lowest BCUT2D eigenvalue weighted by atomic mass is 9.82. The molecule has 3 aliphatic carbocycles. The largest absolute Gasteiger partial charge is 0.310 e. The van der Waals surface area contributed by atoms with Crippen molar-refractivity contribution in [3.63, 3.8) is 0 Å². The van der Waals surface area contributed by atoms with Gasteiger partial charge in [0.05, 0.1) is 11.2 Å². The predicted molar refractivity (Wildman–Crippen MR) is 165 cm³/mol. The molecule has 0 spiro atoms. The number of benzene rings is 3. The Morgan fingerprint density at radius 2 is 1.51 bits per heavy atom. The minimum atomic E-state index is 1.04. The van der Waals surface area contributed by atoms with Crippen LogP contribution < -0.4 is 0 Å². The van der Waals surface area contributed by atoms with Crippen LogP contribution in [0.25, 0.3) is 39.0 Å². The third-order valence-corrected chi connectivity index (χ3v) is 9.05. The maximum atomic E-state index is 4.50. The molecule has 1 aliphatic heterocycles. The molecule has 1 aromatic heterocycles. The van der Waals surface area contributed by atoms with Crippen LogP contribution in [0.15, 0.2) is 112 Å². The molecule has 4 aromatic rings. The minimum Gasteiger partial charge on any atom is -0.310 e. The molecule has 2 nitrogen and oxygen atoms in total. The molecule has 0 saturated carbocycles. The third-order valence-electron chi connectivity index (χ3n) is 9.05. The van der Waals surface area contributed by atoms with E-state index in [0.717, 1.165) is 51.4 Å². The van der Waals surface area contributed by atoms with Crippen LogP contribution in [0.5, 0.6) is 0 Å². The van der Waals surface area contributed by atoms with E-state index in [4.69, 9.17) is 0 Å². The quantitative estimate of drug-likeness (QED) is 0.264. The summed E-state index contributed by atoms with van der Waals surface area (Å²) in [5.41, 5.74) is 14.2. The van der Waals surface area contributed by atoms with Gasteiger partial charge in [-0.05, 0) is 125 Å². The summed E-state index contributed by atoms with van der Waals surface area (Å²) in [6, 6.07) is 22.6. The molecule has 0 radical (unpaired) electrons. The lowest BCUT2D eigenvalue weighted by molar-refractivity contribution is 0.886. The van der Waals surface area contributed by atoms with E-state index in [2.05, 4.69) is 101 Å². The molecule has 0 atom stereocenters. The van der Waals surface area contributed by atoms with Crippen LogP contribution >= 0.6 is 0 Å². The maximum absolute atomic E-state index is 4.50. The summed E-state index contributed by atoms with van der Waals surface area (Å²) in [4.78, 5) is 4.50. The van der Waals surface area contributed by atoms with Gasteiger partial charge in [0.2, 0.25) is 0 Å². The minimum absolute atomic E-state index is 1.04. The van der Waals surface area contributed by atoms with Crippen LogP contribution in [0, 0.1) is 0 Å². The molecule has 0 fully saturated rings. The summed E-state index contributed by atoms with van der Waals surface area (Å²) >= 11 is 0. The number of aliphatic imine (C=N–C) groups is 1. The molecule has 0 unspecified atom stereocenters. The molecule has 3 aromatic carbocycles. The molecular weight excluding hydrogens is 472 g/mol. The molecule has 39 heavy (non-hydrogen) atoms. The fourth-order valence-electron chi connectivity index (χ4n) is 7.17. The molecule has 190 valence electrons. The normalized spacial score (nSPS) is 18.6. The van der Waals surface area contributed by atoms with Crippen molar-refractivity contribution < 1.29 is 0 Å². The lowest BCUT2D eigenvalue weighted by Gasteiger charge is -2.22. The Labute approximate surface area is 230 Å². The first-order valence-corrected chi connectivity index (χ1v) is 14.5. The average molecular weight is 505 g/mol. The Morgan fingerprint density at radius 1 is 0.667 bits per heavy atom. The Kier molecular flexibility index (Phi) is 5.40. The van der Waals surface area contributed by atoms with E-state index in [-0.39, 0.29) is 0 Å². The van der Waals surface area contributed by atoms with Crippen LogP contribution in [0.1, 0.15) is 61.8 Å². The van der Waals surface area contributed by atoms with Crippen molar-refractivity contribution in [2.45, 2.75) is 51.4 Å². The molecule has 2 heterocycles. The van der Waals surface area contributed by atoms with Gasteiger partial charge in [-0.15, -0.1) is 0 Å². The second-order valence-electron chi connectivity index (χ2n) is 11.3. The molecule has 0 amide bonds. The zero-order valence-corrected chi connectivity index (χ0v) is 22.3. The van der Waals surface area contributed by atoms with Crippen LogP contribution in [0.2, 0.25) is 0 Å². The topological polar surface area (TPSA) is 17.3 Å². The van der Waals surface area contributed by atoms with E-state index in [1.807, 2.05) is 6.21 Å².